The van der Waals surface area contributed by atoms with Crippen LogP contribution in [0.15, 0.2) is 21.8 Å². The van der Waals surface area contributed by atoms with Crippen molar-refractivity contribution in [3.8, 4) is 0 Å². The van der Waals surface area contributed by atoms with E-state index >= 15 is 0 Å². The molecule has 0 saturated carbocycles. The van der Waals surface area contributed by atoms with Crippen LogP contribution in [-0.4, -0.2) is 29.7 Å². The number of ether oxygens (including phenoxy) is 1. The highest BCUT2D eigenvalue weighted by Crippen LogP contribution is 2.35. The van der Waals surface area contributed by atoms with Gasteiger partial charge in [-0.05, 0) is 5.04 Å². The van der Waals surface area contributed by atoms with Crippen LogP contribution < -0.4 is 4.39 Å². The van der Waals surface area contributed by atoms with E-state index in [1.54, 1.807) is 0 Å². The Morgan fingerprint density at radius 2 is 1.90 bits per heavy atom. The minimum atomic E-state index is -3.78. The van der Waals surface area contributed by atoms with E-state index in [0.29, 0.717) is 0 Å². The number of rotatable bonds is 4. The van der Waals surface area contributed by atoms with Crippen molar-refractivity contribution in [1.29, 1.82) is 0 Å². The Labute approximate surface area is 120 Å². The maximum absolute atomic E-state index is 12.3. The van der Waals surface area contributed by atoms with Gasteiger partial charge < -0.3 is 9.15 Å². The van der Waals surface area contributed by atoms with E-state index in [-0.39, 0.29) is 15.7 Å². The molecule has 1 N–H and O–H groups in total. The highest BCUT2D eigenvalue weighted by Gasteiger charge is 2.40. The summed E-state index contributed by atoms with van der Waals surface area (Å²) in [4.78, 5) is 11.3. The van der Waals surface area contributed by atoms with Crippen LogP contribution in [0.2, 0.25) is 18.1 Å². The number of sulfonamides is 1. The second-order valence-electron chi connectivity index (χ2n) is 6.13. The molecular formula is C12H21NO5SSi. The Morgan fingerprint density at radius 3 is 2.35 bits per heavy atom. The van der Waals surface area contributed by atoms with Gasteiger partial charge in [0.05, 0.1) is 12.7 Å². The zero-order valence-electron chi connectivity index (χ0n) is 12.6. The maximum Gasteiger partial charge on any atom is 0.341 e. The average Bonchev–Trinajstić information content (AvgIpc) is 2.74. The summed E-state index contributed by atoms with van der Waals surface area (Å²) in [6, 6.07) is 1.17. The molecule has 1 heterocycles. The molecular weight excluding hydrogens is 298 g/mol. The van der Waals surface area contributed by atoms with Crippen LogP contribution in [0.3, 0.4) is 0 Å². The molecule has 0 unspecified atom stereocenters. The van der Waals surface area contributed by atoms with Gasteiger partial charge in [-0.15, -0.1) is 0 Å². The number of nitrogens with one attached hydrogen (secondary N) is 1. The Kier molecular flexibility index (Phi) is 4.52. The molecule has 0 aliphatic carbocycles. The Morgan fingerprint density at radius 1 is 1.35 bits per heavy atom. The van der Waals surface area contributed by atoms with Crippen molar-refractivity contribution in [2.24, 2.45) is 0 Å². The summed E-state index contributed by atoms with van der Waals surface area (Å²) in [6.45, 7) is 9.82. The van der Waals surface area contributed by atoms with Crippen LogP contribution in [0.5, 0.6) is 0 Å². The molecule has 20 heavy (non-hydrogen) atoms. The molecule has 1 rings (SSSR count). The van der Waals surface area contributed by atoms with Crippen molar-refractivity contribution in [2.45, 2.75) is 44.0 Å². The average molecular weight is 319 g/mol. The van der Waals surface area contributed by atoms with Gasteiger partial charge in [-0.3, -0.25) is 0 Å². The number of furan rings is 1. The molecule has 0 bridgehead atoms. The third kappa shape index (κ3) is 3.50. The summed E-state index contributed by atoms with van der Waals surface area (Å²) in [5, 5.41) is -0.430. The first-order valence-electron chi connectivity index (χ1n) is 6.11. The summed E-state index contributed by atoms with van der Waals surface area (Å²) in [7, 11) is -4.83. The van der Waals surface area contributed by atoms with Gasteiger partial charge in [-0.1, -0.05) is 33.9 Å². The zero-order valence-corrected chi connectivity index (χ0v) is 14.4. The molecule has 0 aliphatic rings. The van der Waals surface area contributed by atoms with Gasteiger partial charge >= 0.3 is 5.97 Å². The van der Waals surface area contributed by atoms with Gasteiger partial charge in [0.25, 0.3) is 10.0 Å². The highest BCUT2D eigenvalue weighted by atomic mass is 32.2. The quantitative estimate of drug-likeness (QED) is 0.680. The SMILES string of the molecule is COC(=O)c1coc(S(=O)(=O)N[Si](C)(C)C(C)(C)C)c1. The van der Waals surface area contributed by atoms with Gasteiger partial charge in [0.2, 0.25) is 5.09 Å². The standard InChI is InChI=1S/C12H21NO5SSi/c1-12(2,3)20(5,6)13-19(15,16)10-7-9(8-18-10)11(14)17-4/h7-8,13H,1-6H3. The smallest absolute Gasteiger partial charge is 0.341 e. The van der Waals surface area contributed by atoms with Crippen LogP contribution in [0.25, 0.3) is 0 Å². The van der Waals surface area contributed by atoms with Crippen molar-refractivity contribution in [3.05, 3.63) is 17.9 Å². The first-order valence-corrected chi connectivity index (χ1v) is 10.6. The minimum absolute atomic E-state index is 0.0723. The number of carbonyl (C=O) groups excluding carboxylic acids is 1. The van der Waals surface area contributed by atoms with Crippen LogP contribution in [0, 0.1) is 0 Å². The monoisotopic (exact) mass is 319 g/mol. The fourth-order valence-electron chi connectivity index (χ4n) is 1.22. The lowest BCUT2D eigenvalue weighted by atomic mass is 10.2. The predicted molar refractivity (Wildman–Crippen MR) is 77.6 cm³/mol. The summed E-state index contributed by atoms with van der Waals surface area (Å²) >= 11 is 0. The molecule has 6 nitrogen and oxygen atoms in total. The minimum Gasteiger partial charge on any atom is -0.465 e. The molecule has 1 aromatic rings. The van der Waals surface area contributed by atoms with Crippen molar-refractivity contribution in [2.75, 3.05) is 7.11 Å². The molecule has 1 aromatic heterocycles. The molecule has 0 amide bonds. The van der Waals surface area contributed by atoms with E-state index in [1.807, 2.05) is 33.9 Å². The van der Waals surface area contributed by atoms with Crippen molar-refractivity contribution >= 4 is 24.2 Å². The van der Waals surface area contributed by atoms with Gasteiger partial charge in [0.15, 0.2) is 0 Å². The molecule has 8 heteroatoms. The Bertz CT molecular complexity index is 598. The van der Waals surface area contributed by atoms with Crippen molar-refractivity contribution < 1.29 is 22.4 Å². The van der Waals surface area contributed by atoms with E-state index in [4.69, 9.17) is 4.42 Å². The normalized spacial score (nSPS) is 13.3. The van der Waals surface area contributed by atoms with Gasteiger partial charge in [0, 0.05) is 6.07 Å². The largest absolute Gasteiger partial charge is 0.465 e. The molecule has 0 atom stereocenters. The third-order valence-electron chi connectivity index (χ3n) is 3.53. The highest BCUT2D eigenvalue weighted by molar-refractivity contribution is 7.90. The number of methoxy groups -OCH3 is 1. The fraction of sp³-hybridized carbons (Fsp3) is 0.583. The van der Waals surface area contributed by atoms with E-state index < -0.39 is 24.2 Å². The lowest BCUT2D eigenvalue weighted by Crippen LogP contribution is -2.54. The van der Waals surface area contributed by atoms with E-state index in [1.165, 1.54) is 13.2 Å². The van der Waals surface area contributed by atoms with E-state index in [2.05, 4.69) is 9.12 Å². The van der Waals surface area contributed by atoms with Crippen LogP contribution in [0.4, 0.5) is 0 Å². The molecule has 0 radical (unpaired) electrons. The van der Waals surface area contributed by atoms with Crippen LogP contribution in [0.1, 0.15) is 31.1 Å². The van der Waals surface area contributed by atoms with Gasteiger partial charge in [0.1, 0.15) is 14.5 Å². The van der Waals surface area contributed by atoms with Crippen LogP contribution >= 0.6 is 0 Å². The van der Waals surface area contributed by atoms with Gasteiger partial charge in [-0.2, -0.15) is 0 Å². The first-order chi connectivity index (χ1) is 8.90. The Hall–Kier alpha value is -1.12. The number of carbonyl (C=O) groups is 1. The zero-order chi connectivity index (χ0) is 15.8. The molecule has 0 fully saturated rings. The molecule has 0 aliphatic heterocycles. The first kappa shape index (κ1) is 16.9. The summed E-state index contributed by atoms with van der Waals surface area (Å²) in [6.07, 6.45) is 1.08. The topological polar surface area (TPSA) is 85.6 Å². The maximum atomic E-state index is 12.3. The molecule has 0 saturated heterocycles. The van der Waals surface area contributed by atoms with Crippen molar-refractivity contribution in [3.63, 3.8) is 0 Å². The number of hydrogen-bond acceptors (Lipinski definition) is 5. The van der Waals surface area contributed by atoms with Crippen molar-refractivity contribution in [1.82, 2.24) is 4.39 Å². The second kappa shape index (κ2) is 5.34. The fourth-order valence-corrected chi connectivity index (χ4v) is 5.99. The van der Waals surface area contributed by atoms with Gasteiger partial charge in [-0.25, -0.2) is 17.6 Å². The number of hydrogen-bond donors (Lipinski definition) is 1. The number of esters is 1. The lowest BCUT2D eigenvalue weighted by Gasteiger charge is -2.36. The van der Waals surface area contributed by atoms with E-state index in [9.17, 15) is 13.2 Å². The Balaban J connectivity index is 3.07. The van der Waals surface area contributed by atoms with E-state index in [0.717, 1.165) is 6.26 Å². The summed E-state index contributed by atoms with van der Waals surface area (Å²) in [5.41, 5.74) is 0.0723. The third-order valence-corrected chi connectivity index (χ3v) is 11.1. The lowest BCUT2D eigenvalue weighted by molar-refractivity contribution is 0.0600. The molecule has 114 valence electrons. The second-order valence-corrected chi connectivity index (χ2v) is 13.1. The molecule has 0 aromatic carbocycles. The predicted octanol–water partition coefficient (Wildman–Crippen LogP) is 2.35. The summed E-state index contributed by atoms with van der Waals surface area (Å²) in [5.74, 6) is -0.637. The summed E-state index contributed by atoms with van der Waals surface area (Å²) < 4.78 is 36.8. The molecule has 0 spiro atoms. The van der Waals surface area contributed by atoms with Crippen LogP contribution in [-0.2, 0) is 14.8 Å².